The molecule has 0 spiro atoms. The molecule has 1 saturated heterocycles. The Morgan fingerprint density at radius 1 is 1.02 bits per heavy atom. The van der Waals surface area contributed by atoms with Gasteiger partial charge in [0.1, 0.15) is 18.5 Å². The fourth-order valence-electron chi connectivity index (χ4n) is 4.72. The molecule has 1 aliphatic carbocycles. The van der Waals surface area contributed by atoms with Crippen LogP contribution in [0.15, 0.2) is 36.4 Å². The van der Waals surface area contributed by atoms with Crippen molar-refractivity contribution in [1.29, 1.82) is 0 Å². The first-order valence-corrected chi connectivity index (χ1v) is 20.0. The van der Waals surface area contributed by atoms with E-state index in [9.17, 15) is 18.0 Å². The summed E-state index contributed by atoms with van der Waals surface area (Å²) in [5.74, 6) is -0.0643. The number of ether oxygens (including phenoxy) is 2. The molecule has 5 unspecified atom stereocenters. The smallest absolute Gasteiger partial charge is 0.416 e. The first-order valence-electron chi connectivity index (χ1n) is 14.1. The van der Waals surface area contributed by atoms with Crippen LogP contribution >= 0.6 is 0 Å². The van der Waals surface area contributed by atoms with Gasteiger partial charge in [-0.25, -0.2) is 0 Å². The fourth-order valence-corrected chi connectivity index (χ4v) is 7.36. The van der Waals surface area contributed by atoms with Crippen LogP contribution in [0.1, 0.15) is 59.9 Å². The Morgan fingerprint density at radius 3 is 2.23 bits per heavy atom. The highest BCUT2D eigenvalue weighted by atomic mass is 28.4. The number of esters is 1. The van der Waals surface area contributed by atoms with E-state index in [1.54, 1.807) is 0 Å². The minimum atomic E-state index is -4.45. The van der Waals surface area contributed by atoms with Crippen LogP contribution in [0.5, 0.6) is 5.75 Å². The summed E-state index contributed by atoms with van der Waals surface area (Å²) >= 11 is 0. The van der Waals surface area contributed by atoms with Crippen molar-refractivity contribution in [2.24, 2.45) is 11.8 Å². The van der Waals surface area contributed by atoms with E-state index >= 15 is 0 Å². The summed E-state index contributed by atoms with van der Waals surface area (Å²) in [6.07, 6.45) is -0.282. The minimum Gasteiger partial charge on any atom is -0.491 e. The highest BCUT2D eigenvalue weighted by Crippen LogP contribution is 2.47. The lowest BCUT2D eigenvalue weighted by Crippen LogP contribution is -2.45. The summed E-state index contributed by atoms with van der Waals surface area (Å²) < 4.78 is 64.7. The van der Waals surface area contributed by atoms with Crippen LogP contribution in [0.2, 0.25) is 36.3 Å². The molecule has 0 aromatic heterocycles. The molecule has 5 atom stereocenters. The third-order valence-electron chi connectivity index (χ3n) is 9.18. The predicted octanol–water partition coefficient (Wildman–Crippen LogP) is 8.37. The Morgan fingerprint density at radius 2 is 1.65 bits per heavy atom. The fraction of sp³-hybridized carbons (Fsp3) is 0.700. The summed E-state index contributed by atoms with van der Waals surface area (Å²) in [5.41, 5.74) is -0.754. The first-order chi connectivity index (χ1) is 18.1. The highest BCUT2D eigenvalue weighted by molar-refractivity contribution is 6.74. The number of rotatable bonds is 9. The van der Waals surface area contributed by atoms with Gasteiger partial charge in [-0.1, -0.05) is 59.8 Å². The average Bonchev–Trinajstić information content (AvgIpc) is 2.98. The van der Waals surface area contributed by atoms with E-state index in [4.69, 9.17) is 18.3 Å². The number of carbonyl (C=O) groups is 1. The third kappa shape index (κ3) is 7.80. The molecule has 1 saturated carbocycles. The minimum absolute atomic E-state index is 0.00883. The second kappa shape index (κ2) is 11.6. The van der Waals surface area contributed by atoms with Gasteiger partial charge in [0, 0.05) is 18.3 Å². The van der Waals surface area contributed by atoms with Gasteiger partial charge in [0.15, 0.2) is 16.6 Å². The Labute approximate surface area is 240 Å². The van der Waals surface area contributed by atoms with Gasteiger partial charge in [0.25, 0.3) is 0 Å². The Kier molecular flexibility index (Phi) is 9.51. The molecule has 40 heavy (non-hydrogen) atoms. The van der Waals surface area contributed by atoms with E-state index in [2.05, 4.69) is 73.8 Å². The molecule has 226 valence electrons. The molecular weight excluding hydrogens is 553 g/mol. The van der Waals surface area contributed by atoms with Crippen molar-refractivity contribution in [3.8, 4) is 5.75 Å². The van der Waals surface area contributed by atoms with Gasteiger partial charge >= 0.3 is 12.1 Å². The van der Waals surface area contributed by atoms with Gasteiger partial charge in [-0.3, -0.25) is 4.79 Å². The largest absolute Gasteiger partial charge is 0.491 e. The average molecular weight is 601 g/mol. The molecule has 2 bridgehead atoms. The molecular formula is C30H47F3O5Si2. The lowest BCUT2D eigenvalue weighted by Gasteiger charge is -2.40. The van der Waals surface area contributed by atoms with E-state index in [0.717, 1.165) is 12.1 Å². The zero-order chi connectivity index (χ0) is 30.3. The standard InChI is InChI=1S/C30H47F3O5Si2/c1-28(2,3)39(7,8)37-22(19-35-21-13-11-12-20(16-21)30(31,32)33)14-15-23-24-17-27(34)36-25(23)18-26(24)38-40(9,10)29(4,5)6/h11-16,22-26H,17-19H2,1-10H3. The lowest BCUT2D eigenvalue weighted by atomic mass is 9.88. The zero-order valence-electron chi connectivity index (χ0n) is 25.6. The van der Waals surface area contributed by atoms with E-state index in [0.29, 0.717) is 12.8 Å². The molecule has 3 rings (SSSR count). The van der Waals surface area contributed by atoms with Crippen LogP contribution in [-0.2, 0) is 24.6 Å². The van der Waals surface area contributed by atoms with Crippen LogP contribution in [-0.4, -0.2) is 47.5 Å². The summed E-state index contributed by atoms with van der Waals surface area (Å²) in [4.78, 5) is 12.4. The summed E-state index contributed by atoms with van der Waals surface area (Å²) in [7, 11) is -4.30. The van der Waals surface area contributed by atoms with Gasteiger partial charge in [-0.2, -0.15) is 13.2 Å². The quantitative estimate of drug-likeness (QED) is 0.162. The topological polar surface area (TPSA) is 54.0 Å². The van der Waals surface area contributed by atoms with Crippen LogP contribution < -0.4 is 4.74 Å². The molecule has 5 nitrogen and oxygen atoms in total. The number of hydrogen-bond acceptors (Lipinski definition) is 5. The van der Waals surface area contributed by atoms with Crippen molar-refractivity contribution in [2.45, 2.75) is 115 Å². The van der Waals surface area contributed by atoms with E-state index in [1.807, 2.05) is 6.08 Å². The monoisotopic (exact) mass is 600 g/mol. The molecule has 1 aromatic carbocycles. The predicted molar refractivity (Wildman–Crippen MR) is 156 cm³/mol. The molecule has 1 heterocycles. The van der Waals surface area contributed by atoms with Gasteiger partial charge < -0.3 is 18.3 Å². The number of halogens is 3. The van der Waals surface area contributed by atoms with Crippen molar-refractivity contribution >= 4 is 22.6 Å². The van der Waals surface area contributed by atoms with E-state index in [1.165, 1.54) is 12.1 Å². The van der Waals surface area contributed by atoms with Gasteiger partial charge in [-0.05, 0) is 54.5 Å². The van der Waals surface area contributed by atoms with E-state index < -0.39 is 34.5 Å². The molecule has 0 radical (unpaired) electrons. The molecule has 1 aromatic rings. The Balaban J connectivity index is 1.83. The normalized spacial score (nSPS) is 25.3. The number of carbonyl (C=O) groups excluding carboxylic acids is 1. The number of benzene rings is 1. The maximum Gasteiger partial charge on any atom is 0.416 e. The maximum absolute atomic E-state index is 13.2. The van der Waals surface area contributed by atoms with Crippen LogP contribution in [0, 0.1) is 11.8 Å². The van der Waals surface area contributed by atoms with Crippen LogP contribution in [0.25, 0.3) is 0 Å². The first kappa shape index (κ1) is 32.9. The number of fused-ring (bicyclic) bond motifs is 2. The Bertz CT molecular complexity index is 1070. The molecule has 2 fully saturated rings. The van der Waals surface area contributed by atoms with Gasteiger partial charge in [0.05, 0.1) is 24.2 Å². The van der Waals surface area contributed by atoms with Crippen LogP contribution in [0.3, 0.4) is 0 Å². The van der Waals surface area contributed by atoms with Crippen molar-refractivity contribution in [3.63, 3.8) is 0 Å². The van der Waals surface area contributed by atoms with Gasteiger partial charge in [0.2, 0.25) is 0 Å². The third-order valence-corrected chi connectivity index (χ3v) is 18.2. The molecule has 2 aliphatic rings. The molecule has 10 heteroatoms. The van der Waals surface area contributed by atoms with Crippen molar-refractivity contribution in [2.75, 3.05) is 6.61 Å². The van der Waals surface area contributed by atoms with Crippen molar-refractivity contribution < 1.29 is 36.3 Å². The summed E-state index contributed by atoms with van der Waals surface area (Å²) in [6, 6.07) is 4.90. The highest BCUT2D eigenvalue weighted by Gasteiger charge is 2.52. The molecule has 0 amide bonds. The second-order valence-electron chi connectivity index (χ2n) is 14.3. The summed E-state index contributed by atoms with van der Waals surface area (Å²) in [5, 5.41) is -0.0282. The SMILES string of the molecule is CC(C)(C)[Si](C)(C)OC(C=CC1C2CC(O[Si](C)(C)C(C)(C)C)C1CC(=O)O2)COc1cccc(C(F)(F)F)c1. The number of alkyl halides is 3. The van der Waals surface area contributed by atoms with Crippen molar-refractivity contribution in [3.05, 3.63) is 42.0 Å². The number of hydrogen-bond donors (Lipinski definition) is 0. The van der Waals surface area contributed by atoms with Crippen LogP contribution in [0.4, 0.5) is 13.2 Å². The second-order valence-corrected chi connectivity index (χ2v) is 23.8. The zero-order valence-corrected chi connectivity index (χ0v) is 27.6. The Hall–Kier alpha value is -1.63. The summed E-state index contributed by atoms with van der Waals surface area (Å²) in [6.45, 7) is 21.8. The lowest BCUT2D eigenvalue weighted by molar-refractivity contribution is -0.156. The van der Waals surface area contributed by atoms with Gasteiger partial charge in [-0.15, -0.1) is 0 Å². The van der Waals surface area contributed by atoms with Crippen molar-refractivity contribution in [1.82, 2.24) is 0 Å². The maximum atomic E-state index is 13.2. The van der Waals surface area contributed by atoms with E-state index in [-0.39, 0.29) is 52.4 Å². The molecule has 1 aliphatic heterocycles. The molecule has 0 N–H and O–H groups in total.